The van der Waals surface area contributed by atoms with Crippen molar-refractivity contribution in [3.8, 4) is 17.2 Å². The molecule has 0 bridgehead atoms. The number of aromatic hydroxyl groups is 1. The largest absolute Gasteiger partial charge is 0.508 e. The molecule has 5 heteroatoms. The second-order valence-corrected chi connectivity index (χ2v) is 4.82. The van der Waals surface area contributed by atoms with E-state index in [0.717, 1.165) is 11.1 Å². The van der Waals surface area contributed by atoms with E-state index in [1.807, 2.05) is 12.2 Å². The van der Waals surface area contributed by atoms with Gasteiger partial charge in [0.15, 0.2) is 11.5 Å². The van der Waals surface area contributed by atoms with Crippen LogP contribution in [0.5, 0.6) is 17.2 Å². The number of ether oxygens (including phenoxy) is 2. The lowest BCUT2D eigenvalue weighted by molar-refractivity contribution is -0.134. The van der Waals surface area contributed by atoms with Crippen LogP contribution >= 0.6 is 0 Å². The molecule has 2 aromatic carbocycles. The summed E-state index contributed by atoms with van der Waals surface area (Å²) in [5.41, 5.74) is 1.67. The molecule has 0 aliphatic rings. The van der Waals surface area contributed by atoms with Crippen LogP contribution in [-0.2, 0) is 9.59 Å². The molecule has 0 unspecified atom stereocenters. The summed E-state index contributed by atoms with van der Waals surface area (Å²) in [5.74, 6) is -0.427. The Labute approximate surface area is 133 Å². The minimum absolute atomic E-state index is 0.181. The Kier molecular flexibility index (Phi) is 5.15. The van der Waals surface area contributed by atoms with Gasteiger partial charge in [-0.1, -0.05) is 30.4 Å². The van der Waals surface area contributed by atoms with Crippen molar-refractivity contribution in [1.29, 1.82) is 0 Å². The first kappa shape index (κ1) is 16.3. The normalized spacial score (nSPS) is 10.5. The number of esters is 2. The molecule has 0 heterocycles. The first-order valence-electron chi connectivity index (χ1n) is 6.92. The number of carbonyl (C=O) groups is 2. The van der Waals surface area contributed by atoms with Crippen molar-refractivity contribution < 1.29 is 24.2 Å². The Hall–Kier alpha value is -3.08. The van der Waals surface area contributed by atoms with Gasteiger partial charge in [0, 0.05) is 13.8 Å². The van der Waals surface area contributed by atoms with Crippen LogP contribution < -0.4 is 9.47 Å². The lowest BCUT2D eigenvalue weighted by Gasteiger charge is -2.09. The highest BCUT2D eigenvalue weighted by Crippen LogP contribution is 2.29. The predicted molar refractivity (Wildman–Crippen MR) is 86.1 cm³/mol. The van der Waals surface area contributed by atoms with Crippen molar-refractivity contribution in [2.75, 3.05) is 0 Å². The molecule has 5 nitrogen and oxygen atoms in total. The van der Waals surface area contributed by atoms with Gasteiger partial charge in [-0.15, -0.1) is 0 Å². The second-order valence-electron chi connectivity index (χ2n) is 4.82. The molecule has 0 saturated carbocycles. The summed E-state index contributed by atoms with van der Waals surface area (Å²) in [7, 11) is 0. The number of phenols is 1. The minimum atomic E-state index is -0.502. The zero-order valence-electron chi connectivity index (χ0n) is 12.8. The summed E-state index contributed by atoms with van der Waals surface area (Å²) in [4.78, 5) is 22.2. The average Bonchev–Trinajstić information content (AvgIpc) is 2.48. The van der Waals surface area contributed by atoms with Gasteiger partial charge in [-0.3, -0.25) is 9.59 Å². The molecule has 2 rings (SSSR count). The molecular formula is C18H16O5. The van der Waals surface area contributed by atoms with E-state index in [2.05, 4.69) is 0 Å². The molecule has 1 N–H and O–H groups in total. The van der Waals surface area contributed by atoms with E-state index in [9.17, 15) is 14.7 Å². The van der Waals surface area contributed by atoms with Gasteiger partial charge < -0.3 is 14.6 Å². The topological polar surface area (TPSA) is 72.8 Å². The maximum Gasteiger partial charge on any atom is 0.308 e. The van der Waals surface area contributed by atoms with Crippen LogP contribution in [0.2, 0.25) is 0 Å². The van der Waals surface area contributed by atoms with Crippen molar-refractivity contribution >= 4 is 24.1 Å². The Morgan fingerprint density at radius 2 is 1.35 bits per heavy atom. The van der Waals surface area contributed by atoms with E-state index >= 15 is 0 Å². The second kappa shape index (κ2) is 7.26. The summed E-state index contributed by atoms with van der Waals surface area (Å²) in [6.45, 7) is 2.55. The Morgan fingerprint density at radius 3 is 1.96 bits per heavy atom. The van der Waals surface area contributed by atoms with Crippen molar-refractivity contribution in [2.45, 2.75) is 13.8 Å². The van der Waals surface area contributed by atoms with Gasteiger partial charge >= 0.3 is 11.9 Å². The SMILES string of the molecule is CC(=O)Oc1ccc(C=Cc2ccc(O)cc2)cc1OC(C)=O. The third-order valence-corrected chi connectivity index (χ3v) is 2.84. The number of benzene rings is 2. The zero-order chi connectivity index (χ0) is 16.8. The molecule has 0 aliphatic carbocycles. The molecule has 0 spiro atoms. The quantitative estimate of drug-likeness (QED) is 0.532. The molecule has 0 atom stereocenters. The van der Waals surface area contributed by atoms with Crippen LogP contribution in [0.1, 0.15) is 25.0 Å². The summed E-state index contributed by atoms with van der Waals surface area (Å²) in [6, 6.07) is 11.6. The summed E-state index contributed by atoms with van der Waals surface area (Å²) in [5, 5.41) is 9.25. The zero-order valence-corrected chi connectivity index (χ0v) is 12.8. The third kappa shape index (κ3) is 5.00. The van der Waals surface area contributed by atoms with Gasteiger partial charge in [-0.2, -0.15) is 0 Å². The lowest BCUT2D eigenvalue weighted by Crippen LogP contribution is -2.07. The van der Waals surface area contributed by atoms with Crippen LogP contribution in [0, 0.1) is 0 Å². The molecule has 0 radical (unpaired) electrons. The van der Waals surface area contributed by atoms with E-state index in [1.54, 1.807) is 42.5 Å². The van der Waals surface area contributed by atoms with Gasteiger partial charge in [-0.05, 0) is 35.4 Å². The number of phenolic OH excluding ortho intramolecular Hbond substituents is 1. The van der Waals surface area contributed by atoms with E-state index in [-0.39, 0.29) is 17.2 Å². The first-order chi connectivity index (χ1) is 10.9. The minimum Gasteiger partial charge on any atom is -0.508 e. The highest BCUT2D eigenvalue weighted by molar-refractivity contribution is 5.76. The van der Waals surface area contributed by atoms with Gasteiger partial charge in [0.25, 0.3) is 0 Å². The van der Waals surface area contributed by atoms with Gasteiger partial charge in [-0.25, -0.2) is 0 Å². The van der Waals surface area contributed by atoms with Crippen molar-refractivity contribution in [2.24, 2.45) is 0 Å². The first-order valence-corrected chi connectivity index (χ1v) is 6.92. The Morgan fingerprint density at radius 1 is 0.826 bits per heavy atom. The number of carbonyl (C=O) groups excluding carboxylic acids is 2. The Bertz CT molecular complexity index is 745. The van der Waals surface area contributed by atoms with E-state index in [4.69, 9.17) is 9.47 Å². The van der Waals surface area contributed by atoms with E-state index < -0.39 is 11.9 Å². The number of rotatable bonds is 4. The third-order valence-electron chi connectivity index (χ3n) is 2.84. The van der Waals surface area contributed by atoms with Crippen molar-refractivity contribution in [3.05, 3.63) is 53.6 Å². The van der Waals surface area contributed by atoms with Crippen molar-refractivity contribution in [3.63, 3.8) is 0 Å². The highest BCUT2D eigenvalue weighted by atomic mass is 16.6. The van der Waals surface area contributed by atoms with E-state index in [0.29, 0.717) is 0 Å². The molecule has 0 saturated heterocycles. The lowest BCUT2D eigenvalue weighted by atomic mass is 10.1. The fraction of sp³-hybridized carbons (Fsp3) is 0.111. The maximum absolute atomic E-state index is 11.2. The molecule has 118 valence electrons. The predicted octanol–water partition coefficient (Wildman–Crippen LogP) is 3.41. The van der Waals surface area contributed by atoms with Crippen LogP contribution in [-0.4, -0.2) is 17.0 Å². The number of hydrogen-bond donors (Lipinski definition) is 1. The monoisotopic (exact) mass is 312 g/mol. The van der Waals surface area contributed by atoms with Gasteiger partial charge in [0.2, 0.25) is 0 Å². The molecule has 23 heavy (non-hydrogen) atoms. The highest BCUT2D eigenvalue weighted by Gasteiger charge is 2.10. The molecular weight excluding hydrogens is 296 g/mol. The summed E-state index contributed by atoms with van der Waals surface area (Å²) >= 11 is 0. The fourth-order valence-electron chi connectivity index (χ4n) is 1.88. The van der Waals surface area contributed by atoms with Gasteiger partial charge in [0.05, 0.1) is 0 Å². The molecule has 0 aromatic heterocycles. The number of hydrogen-bond acceptors (Lipinski definition) is 5. The van der Waals surface area contributed by atoms with Crippen LogP contribution in [0.15, 0.2) is 42.5 Å². The smallest absolute Gasteiger partial charge is 0.308 e. The standard InChI is InChI=1S/C18H16O5/c1-12(19)22-17-10-7-15(11-18(17)23-13(2)20)4-3-14-5-8-16(21)9-6-14/h3-11,21H,1-2H3. The fourth-order valence-corrected chi connectivity index (χ4v) is 1.88. The van der Waals surface area contributed by atoms with Crippen LogP contribution in [0.3, 0.4) is 0 Å². The summed E-state index contributed by atoms with van der Waals surface area (Å²) < 4.78 is 10.1. The van der Waals surface area contributed by atoms with Crippen LogP contribution in [0.25, 0.3) is 12.2 Å². The van der Waals surface area contributed by atoms with E-state index in [1.165, 1.54) is 13.8 Å². The summed E-state index contributed by atoms with van der Waals surface area (Å²) in [6.07, 6.45) is 3.66. The molecule has 0 fully saturated rings. The average molecular weight is 312 g/mol. The molecule has 0 aliphatic heterocycles. The molecule has 2 aromatic rings. The maximum atomic E-state index is 11.2. The van der Waals surface area contributed by atoms with Crippen LogP contribution in [0.4, 0.5) is 0 Å². The molecule has 0 amide bonds. The van der Waals surface area contributed by atoms with Crippen molar-refractivity contribution in [1.82, 2.24) is 0 Å². The van der Waals surface area contributed by atoms with Gasteiger partial charge in [0.1, 0.15) is 5.75 Å². The Balaban J connectivity index is 2.26.